The van der Waals surface area contributed by atoms with Crippen molar-refractivity contribution in [3.8, 4) is 6.07 Å². The maximum Gasteiger partial charge on any atom is 0.281 e. The van der Waals surface area contributed by atoms with Crippen molar-refractivity contribution in [1.82, 2.24) is 4.98 Å². The number of halogens is 3. The molecule has 0 spiro atoms. The molecule has 0 aliphatic carbocycles. The Bertz CT molecular complexity index is 387. The zero-order valence-electron chi connectivity index (χ0n) is 6.97. The van der Waals surface area contributed by atoms with Crippen molar-refractivity contribution in [3.63, 3.8) is 0 Å². The van der Waals surface area contributed by atoms with E-state index in [0.717, 1.165) is 6.20 Å². The lowest BCUT2D eigenvalue weighted by Crippen LogP contribution is -2.01. The van der Waals surface area contributed by atoms with Crippen molar-refractivity contribution in [3.05, 3.63) is 22.5 Å². The van der Waals surface area contributed by atoms with Gasteiger partial charge in [-0.2, -0.15) is 5.26 Å². The van der Waals surface area contributed by atoms with Crippen LogP contribution in [0.4, 0.5) is 14.5 Å². The van der Waals surface area contributed by atoms with Gasteiger partial charge in [0.05, 0.1) is 29.4 Å². The summed E-state index contributed by atoms with van der Waals surface area (Å²) in [5, 5.41) is 8.21. The first-order chi connectivity index (χ1) is 6.57. The zero-order chi connectivity index (χ0) is 10.7. The van der Waals surface area contributed by atoms with E-state index in [9.17, 15) is 8.78 Å². The number of hydrogen-bond acceptors (Lipinski definition) is 3. The van der Waals surface area contributed by atoms with Gasteiger partial charge in [0.25, 0.3) is 6.43 Å². The second-order valence-corrected chi connectivity index (χ2v) is 2.90. The largest absolute Gasteiger partial charge is 0.397 e. The molecular weight excluding hydrogens is 212 g/mol. The molecule has 14 heavy (non-hydrogen) atoms. The molecule has 0 saturated carbocycles. The highest BCUT2D eigenvalue weighted by Gasteiger charge is 2.18. The number of alkyl halides is 2. The molecule has 74 valence electrons. The highest BCUT2D eigenvalue weighted by Crippen LogP contribution is 2.30. The number of rotatable bonds is 2. The van der Waals surface area contributed by atoms with Crippen LogP contribution in [0, 0.1) is 11.3 Å². The van der Waals surface area contributed by atoms with Gasteiger partial charge in [0.15, 0.2) is 0 Å². The number of pyridine rings is 1. The number of nitrogens with zero attached hydrogens (tertiary/aromatic N) is 2. The first kappa shape index (κ1) is 10.7. The molecule has 0 fully saturated rings. The number of nitriles is 1. The van der Waals surface area contributed by atoms with E-state index in [1.165, 1.54) is 0 Å². The van der Waals surface area contributed by atoms with E-state index >= 15 is 0 Å². The predicted molar refractivity (Wildman–Crippen MR) is 47.9 cm³/mol. The highest BCUT2D eigenvalue weighted by atomic mass is 35.5. The summed E-state index contributed by atoms with van der Waals surface area (Å²) in [5.41, 5.74) is 5.26. The molecule has 0 aliphatic heterocycles. The quantitative estimate of drug-likeness (QED) is 0.827. The van der Waals surface area contributed by atoms with Crippen molar-refractivity contribution >= 4 is 17.3 Å². The third-order valence-electron chi connectivity index (χ3n) is 1.64. The average molecular weight is 218 g/mol. The molecule has 1 heterocycles. The SMILES string of the molecule is N#CCc1c(N)cnc(C(F)F)c1Cl. The summed E-state index contributed by atoms with van der Waals surface area (Å²) < 4.78 is 24.6. The Morgan fingerprint density at radius 2 is 2.29 bits per heavy atom. The Morgan fingerprint density at radius 3 is 2.79 bits per heavy atom. The second kappa shape index (κ2) is 4.20. The minimum atomic E-state index is -2.76. The van der Waals surface area contributed by atoms with Crippen molar-refractivity contribution in [2.45, 2.75) is 12.8 Å². The molecule has 0 amide bonds. The molecule has 0 unspecified atom stereocenters. The molecule has 0 saturated heterocycles. The predicted octanol–water partition coefficient (Wildman–Crippen LogP) is 2.32. The maximum atomic E-state index is 12.3. The Kier molecular flexibility index (Phi) is 3.20. The standard InChI is InChI=1S/C8H6ClF2N3/c9-6-4(1-2-12)5(13)3-14-7(6)8(10)11/h3,8H,1,13H2. The molecule has 1 rings (SSSR count). The molecule has 6 heteroatoms. The first-order valence-electron chi connectivity index (χ1n) is 3.65. The van der Waals surface area contributed by atoms with Crippen LogP contribution < -0.4 is 5.73 Å². The number of hydrogen-bond donors (Lipinski definition) is 1. The van der Waals surface area contributed by atoms with E-state index in [2.05, 4.69) is 4.98 Å². The van der Waals surface area contributed by atoms with Gasteiger partial charge < -0.3 is 5.73 Å². The van der Waals surface area contributed by atoms with Crippen LogP contribution in [0.25, 0.3) is 0 Å². The van der Waals surface area contributed by atoms with E-state index in [4.69, 9.17) is 22.6 Å². The van der Waals surface area contributed by atoms with Gasteiger partial charge in [-0.25, -0.2) is 8.78 Å². The maximum absolute atomic E-state index is 12.3. The smallest absolute Gasteiger partial charge is 0.281 e. The summed E-state index contributed by atoms with van der Waals surface area (Å²) in [4.78, 5) is 3.40. The molecule has 0 aromatic carbocycles. The van der Waals surface area contributed by atoms with E-state index in [0.29, 0.717) is 0 Å². The molecule has 1 aromatic rings. The number of anilines is 1. The van der Waals surface area contributed by atoms with Crippen LogP contribution in [-0.2, 0) is 6.42 Å². The van der Waals surface area contributed by atoms with Gasteiger partial charge in [0, 0.05) is 5.56 Å². The summed E-state index contributed by atoms with van der Waals surface area (Å²) in [5.74, 6) is 0. The minimum absolute atomic E-state index is 0.104. The van der Waals surface area contributed by atoms with Crippen molar-refractivity contribution < 1.29 is 8.78 Å². The lowest BCUT2D eigenvalue weighted by Gasteiger charge is -2.07. The molecule has 2 N–H and O–H groups in total. The molecule has 1 aromatic heterocycles. The molecule has 0 aliphatic rings. The van der Waals surface area contributed by atoms with Gasteiger partial charge in [-0.05, 0) is 0 Å². The van der Waals surface area contributed by atoms with E-state index < -0.39 is 12.1 Å². The lowest BCUT2D eigenvalue weighted by atomic mass is 10.1. The Hall–Kier alpha value is -1.41. The summed E-state index contributed by atoms with van der Waals surface area (Å²) in [6.07, 6.45) is -1.78. The normalized spacial score (nSPS) is 10.2. The van der Waals surface area contributed by atoms with Gasteiger partial charge in [-0.1, -0.05) is 11.6 Å². The summed E-state index contributed by atoms with van der Waals surface area (Å²) in [6, 6.07) is 1.79. The van der Waals surface area contributed by atoms with Crippen LogP contribution in [0.3, 0.4) is 0 Å². The number of nitrogen functional groups attached to an aromatic ring is 1. The van der Waals surface area contributed by atoms with Crippen LogP contribution in [-0.4, -0.2) is 4.98 Å². The van der Waals surface area contributed by atoms with Crippen LogP contribution in [0.15, 0.2) is 6.20 Å². The lowest BCUT2D eigenvalue weighted by molar-refractivity contribution is 0.146. The third-order valence-corrected chi connectivity index (χ3v) is 2.07. The van der Waals surface area contributed by atoms with Crippen LogP contribution in [0.2, 0.25) is 5.02 Å². The fourth-order valence-electron chi connectivity index (χ4n) is 0.966. The molecule has 3 nitrogen and oxygen atoms in total. The van der Waals surface area contributed by atoms with E-state index in [-0.39, 0.29) is 22.7 Å². The number of aromatic nitrogens is 1. The zero-order valence-corrected chi connectivity index (χ0v) is 7.72. The molecule has 0 radical (unpaired) electrons. The second-order valence-electron chi connectivity index (χ2n) is 2.53. The van der Waals surface area contributed by atoms with Gasteiger partial charge in [0.1, 0.15) is 5.69 Å². The highest BCUT2D eigenvalue weighted by molar-refractivity contribution is 6.32. The van der Waals surface area contributed by atoms with E-state index in [1.807, 2.05) is 0 Å². The Balaban J connectivity index is 3.27. The van der Waals surface area contributed by atoms with Crippen LogP contribution in [0.5, 0.6) is 0 Å². The first-order valence-corrected chi connectivity index (χ1v) is 4.03. The topological polar surface area (TPSA) is 62.7 Å². The fourth-order valence-corrected chi connectivity index (χ4v) is 1.27. The fraction of sp³-hybridized carbons (Fsp3) is 0.250. The van der Waals surface area contributed by atoms with Crippen molar-refractivity contribution in [1.29, 1.82) is 5.26 Å². The van der Waals surface area contributed by atoms with Crippen molar-refractivity contribution in [2.24, 2.45) is 0 Å². The van der Waals surface area contributed by atoms with Gasteiger partial charge in [-0.3, -0.25) is 4.98 Å². The Morgan fingerprint density at radius 1 is 1.64 bits per heavy atom. The summed E-state index contributed by atoms with van der Waals surface area (Å²) in [6.45, 7) is 0. The van der Waals surface area contributed by atoms with Gasteiger partial charge in [0.2, 0.25) is 0 Å². The molecule has 0 atom stereocenters. The molecular formula is C8H6ClF2N3. The van der Waals surface area contributed by atoms with Crippen LogP contribution in [0.1, 0.15) is 17.7 Å². The van der Waals surface area contributed by atoms with Crippen molar-refractivity contribution in [2.75, 3.05) is 5.73 Å². The van der Waals surface area contributed by atoms with E-state index in [1.54, 1.807) is 6.07 Å². The summed E-state index contributed by atoms with van der Waals surface area (Å²) in [7, 11) is 0. The number of nitrogens with two attached hydrogens (primary N) is 1. The molecule has 0 bridgehead atoms. The van der Waals surface area contributed by atoms with Gasteiger partial charge >= 0.3 is 0 Å². The summed E-state index contributed by atoms with van der Waals surface area (Å²) >= 11 is 5.61. The average Bonchev–Trinajstić information content (AvgIpc) is 2.11. The van der Waals surface area contributed by atoms with Gasteiger partial charge in [-0.15, -0.1) is 0 Å². The monoisotopic (exact) mass is 217 g/mol. The van der Waals surface area contributed by atoms with Crippen LogP contribution >= 0.6 is 11.6 Å². The Labute approximate surface area is 84.1 Å². The third kappa shape index (κ3) is 1.91. The minimum Gasteiger partial charge on any atom is -0.397 e.